The number of rotatable bonds is 4. The van der Waals surface area contributed by atoms with Crippen molar-refractivity contribution in [2.75, 3.05) is 7.11 Å². The summed E-state index contributed by atoms with van der Waals surface area (Å²) in [6, 6.07) is 15.1. The van der Waals surface area contributed by atoms with Crippen LogP contribution in [0.25, 0.3) is 11.6 Å². The van der Waals surface area contributed by atoms with Crippen molar-refractivity contribution in [2.45, 2.75) is 0 Å². The van der Waals surface area contributed by atoms with Gasteiger partial charge in [-0.2, -0.15) is 10.5 Å². The van der Waals surface area contributed by atoms with E-state index < -0.39 is 4.92 Å². The van der Waals surface area contributed by atoms with E-state index in [-0.39, 0.29) is 11.4 Å². The first-order chi connectivity index (χ1) is 11.1. The Morgan fingerprint density at radius 2 is 1.91 bits per heavy atom. The second kappa shape index (κ2) is 6.88. The lowest BCUT2D eigenvalue weighted by atomic mass is 10.0. The van der Waals surface area contributed by atoms with E-state index in [9.17, 15) is 15.4 Å². The number of methoxy groups -OCH3 is 1. The normalized spacial score (nSPS) is 10.5. The number of benzene rings is 2. The second-order valence-electron chi connectivity index (χ2n) is 4.55. The Labute approximate surface area is 132 Å². The number of hydrogen-bond donors (Lipinski definition) is 0. The largest absolute Gasteiger partial charge is 0.490 e. The van der Waals surface area contributed by atoms with E-state index in [2.05, 4.69) is 6.07 Å². The number of nitriles is 2. The fourth-order valence-corrected chi connectivity index (χ4v) is 2.01. The standard InChI is InChI=1S/C17H11N3O3/c1-23-17-7-4-13(9-16(17)20(21)22)8-15(11-19)14-5-2-12(10-18)3-6-14/h2-9H,1H3. The van der Waals surface area contributed by atoms with Gasteiger partial charge < -0.3 is 4.74 Å². The molecule has 0 atom stereocenters. The van der Waals surface area contributed by atoms with Crippen LogP contribution in [-0.4, -0.2) is 12.0 Å². The highest BCUT2D eigenvalue weighted by Gasteiger charge is 2.14. The molecule has 0 heterocycles. The molecule has 0 saturated heterocycles. The van der Waals surface area contributed by atoms with Crippen LogP contribution in [0.1, 0.15) is 16.7 Å². The molecule has 6 heteroatoms. The van der Waals surface area contributed by atoms with Gasteiger partial charge >= 0.3 is 5.69 Å². The highest BCUT2D eigenvalue weighted by atomic mass is 16.6. The lowest BCUT2D eigenvalue weighted by Gasteiger charge is -2.03. The highest BCUT2D eigenvalue weighted by molar-refractivity contribution is 5.90. The second-order valence-corrected chi connectivity index (χ2v) is 4.55. The zero-order valence-electron chi connectivity index (χ0n) is 12.2. The van der Waals surface area contributed by atoms with E-state index in [1.807, 2.05) is 6.07 Å². The molecule has 2 rings (SSSR count). The van der Waals surface area contributed by atoms with E-state index in [0.717, 1.165) is 0 Å². The number of nitrogens with zero attached hydrogens (tertiary/aromatic N) is 3. The monoisotopic (exact) mass is 305 g/mol. The van der Waals surface area contributed by atoms with Gasteiger partial charge in [0.15, 0.2) is 5.75 Å². The lowest BCUT2D eigenvalue weighted by Crippen LogP contribution is -1.94. The number of allylic oxidation sites excluding steroid dienone is 1. The number of nitro benzene ring substituents is 1. The van der Waals surface area contributed by atoms with Crippen LogP contribution in [0.5, 0.6) is 5.75 Å². The molecule has 0 aliphatic rings. The van der Waals surface area contributed by atoms with E-state index in [4.69, 9.17) is 10.00 Å². The van der Waals surface area contributed by atoms with Gasteiger partial charge in [0.2, 0.25) is 0 Å². The third-order valence-electron chi connectivity index (χ3n) is 3.16. The first kappa shape index (κ1) is 15.7. The Morgan fingerprint density at radius 3 is 2.43 bits per heavy atom. The molecule has 0 aromatic heterocycles. The molecule has 2 aromatic rings. The van der Waals surface area contributed by atoms with E-state index in [1.54, 1.807) is 36.4 Å². The summed E-state index contributed by atoms with van der Waals surface area (Å²) < 4.78 is 4.95. The summed E-state index contributed by atoms with van der Waals surface area (Å²) in [5.74, 6) is 0.157. The number of hydrogen-bond acceptors (Lipinski definition) is 5. The van der Waals surface area contributed by atoms with E-state index >= 15 is 0 Å². The first-order valence-electron chi connectivity index (χ1n) is 6.54. The summed E-state index contributed by atoms with van der Waals surface area (Å²) in [5.41, 5.74) is 1.81. The molecular formula is C17H11N3O3. The van der Waals surface area contributed by atoms with Crippen molar-refractivity contribution < 1.29 is 9.66 Å². The lowest BCUT2D eigenvalue weighted by molar-refractivity contribution is -0.385. The summed E-state index contributed by atoms with van der Waals surface area (Å²) in [6.07, 6.45) is 1.55. The van der Waals surface area contributed by atoms with Gasteiger partial charge in [-0.1, -0.05) is 18.2 Å². The van der Waals surface area contributed by atoms with Crippen LogP contribution in [0, 0.1) is 32.8 Å². The molecule has 0 fully saturated rings. The topological polar surface area (TPSA) is 99.9 Å². The van der Waals surface area contributed by atoms with Crippen molar-refractivity contribution in [1.82, 2.24) is 0 Å². The Bertz CT molecular complexity index is 856. The Balaban J connectivity index is 2.45. The Morgan fingerprint density at radius 1 is 1.22 bits per heavy atom. The van der Waals surface area contributed by atoms with Gasteiger partial charge in [-0.25, -0.2) is 0 Å². The van der Waals surface area contributed by atoms with Gasteiger partial charge in [-0.15, -0.1) is 0 Å². The molecular weight excluding hydrogens is 294 g/mol. The van der Waals surface area contributed by atoms with Crippen molar-refractivity contribution in [3.63, 3.8) is 0 Å². The maximum atomic E-state index is 11.0. The average molecular weight is 305 g/mol. The summed E-state index contributed by atoms with van der Waals surface area (Å²) >= 11 is 0. The molecule has 0 bridgehead atoms. The minimum atomic E-state index is -0.538. The number of ether oxygens (including phenoxy) is 1. The van der Waals surface area contributed by atoms with E-state index in [0.29, 0.717) is 22.3 Å². The molecule has 0 spiro atoms. The molecule has 0 saturated carbocycles. The van der Waals surface area contributed by atoms with Crippen LogP contribution >= 0.6 is 0 Å². The summed E-state index contributed by atoms with van der Waals surface area (Å²) in [5, 5.41) is 29.1. The molecule has 2 aromatic carbocycles. The van der Waals surface area contributed by atoms with Crippen molar-refractivity contribution in [3.8, 4) is 17.9 Å². The zero-order valence-corrected chi connectivity index (χ0v) is 12.2. The van der Waals surface area contributed by atoms with Gasteiger partial charge in [0.1, 0.15) is 0 Å². The van der Waals surface area contributed by atoms with Crippen LogP contribution in [0.3, 0.4) is 0 Å². The number of nitro groups is 1. The SMILES string of the molecule is COc1ccc(C=C(C#N)c2ccc(C#N)cc2)cc1[N+](=O)[O-]. The van der Waals surface area contributed by atoms with Crippen molar-refractivity contribution >= 4 is 17.3 Å². The minimum absolute atomic E-state index is 0.157. The highest BCUT2D eigenvalue weighted by Crippen LogP contribution is 2.29. The van der Waals surface area contributed by atoms with Crippen LogP contribution in [0.2, 0.25) is 0 Å². The maximum absolute atomic E-state index is 11.0. The van der Waals surface area contributed by atoms with Crippen LogP contribution in [-0.2, 0) is 0 Å². The molecule has 0 N–H and O–H groups in total. The van der Waals surface area contributed by atoms with Gasteiger partial charge in [0.05, 0.1) is 35.3 Å². The Hall–Kier alpha value is -3.64. The molecule has 0 aliphatic carbocycles. The Kier molecular flexibility index (Phi) is 4.71. The quantitative estimate of drug-likeness (QED) is 0.372. The third-order valence-corrected chi connectivity index (χ3v) is 3.16. The summed E-state index contributed by atoms with van der Waals surface area (Å²) in [4.78, 5) is 10.5. The summed E-state index contributed by atoms with van der Waals surface area (Å²) in [6.45, 7) is 0. The fraction of sp³-hybridized carbons (Fsp3) is 0.0588. The molecule has 112 valence electrons. The molecule has 6 nitrogen and oxygen atoms in total. The van der Waals surface area contributed by atoms with Gasteiger partial charge in [-0.05, 0) is 35.4 Å². The molecule has 23 heavy (non-hydrogen) atoms. The van der Waals surface area contributed by atoms with E-state index in [1.165, 1.54) is 19.2 Å². The molecule has 0 amide bonds. The fourth-order valence-electron chi connectivity index (χ4n) is 2.01. The van der Waals surface area contributed by atoms with Crippen LogP contribution in [0.15, 0.2) is 42.5 Å². The van der Waals surface area contributed by atoms with Gasteiger partial charge in [0, 0.05) is 6.07 Å². The minimum Gasteiger partial charge on any atom is -0.490 e. The molecule has 0 unspecified atom stereocenters. The predicted octanol–water partition coefficient (Wildman–Crippen LogP) is 3.54. The molecule has 0 radical (unpaired) electrons. The predicted molar refractivity (Wildman–Crippen MR) is 84.3 cm³/mol. The van der Waals surface area contributed by atoms with Crippen LogP contribution in [0.4, 0.5) is 5.69 Å². The van der Waals surface area contributed by atoms with Crippen molar-refractivity contribution in [1.29, 1.82) is 10.5 Å². The van der Waals surface area contributed by atoms with Gasteiger partial charge in [0.25, 0.3) is 0 Å². The molecule has 0 aliphatic heterocycles. The summed E-state index contributed by atoms with van der Waals surface area (Å²) in [7, 11) is 1.36. The van der Waals surface area contributed by atoms with Crippen molar-refractivity contribution in [2.24, 2.45) is 0 Å². The smallest absolute Gasteiger partial charge is 0.311 e. The van der Waals surface area contributed by atoms with Crippen molar-refractivity contribution in [3.05, 3.63) is 69.3 Å². The third kappa shape index (κ3) is 3.52. The maximum Gasteiger partial charge on any atom is 0.311 e. The zero-order chi connectivity index (χ0) is 16.8. The average Bonchev–Trinajstić information content (AvgIpc) is 2.59. The van der Waals surface area contributed by atoms with Crippen LogP contribution < -0.4 is 4.74 Å². The van der Waals surface area contributed by atoms with Gasteiger partial charge in [-0.3, -0.25) is 10.1 Å². The first-order valence-corrected chi connectivity index (χ1v) is 6.54.